The molecule has 0 spiro atoms. The van der Waals surface area contributed by atoms with Gasteiger partial charge in [-0.15, -0.1) is 0 Å². The summed E-state index contributed by atoms with van der Waals surface area (Å²) in [5, 5.41) is 10.8. The molecule has 6 nitrogen and oxygen atoms in total. The largest absolute Gasteiger partial charge is 0.454 e. The van der Waals surface area contributed by atoms with Gasteiger partial charge in [0.15, 0.2) is 6.61 Å². The summed E-state index contributed by atoms with van der Waals surface area (Å²) < 4.78 is 32.1. The van der Waals surface area contributed by atoms with E-state index in [0.29, 0.717) is 0 Å². The van der Waals surface area contributed by atoms with Gasteiger partial charge in [-0.2, -0.15) is 0 Å². The van der Waals surface area contributed by atoms with Gasteiger partial charge in [-0.05, 0) is 31.9 Å². The smallest absolute Gasteiger partial charge is 0.344 e. The van der Waals surface area contributed by atoms with Crippen molar-refractivity contribution in [3.8, 4) is 0 Å². The minimum absolute atomic E-state index is 0.00363. The zero-order valence-corrected chi connectivity index (χ0v) is 15.1. The normalized spacial score (nSPS) is 15.7. The number of ketones is 1. The Morgan fingerprint density at radius 1 is 1.22 bits per heavy atom. The summed E-state index contributed by atoms with van der Waals surface area (Å²) in [5.41, 5.74) is 4.84. The van der Waals surface area contributed by atoms with Gasteiger partial charge in [0.25, 0.3) is 0 Å². The first-order valence-corrected chi connectivity index (χ1v) is 8.77. The van der Waals surface area contributed by atoms with Gasteiger partial charge >= 0.3 is 5.97 Å². The van der Waals surface area contributed by atoms with Crippen LogP contribution in [-0.4, -0.2) is 30.1 Å². The number of nitrogens with one attached hydrogen (secondary N) is 2. The number of esters is 1. The minimum atomic E-state index is -1.03. The van der Waals surface area contributed by atoms with Gasteiger partial charge < -0.3 is 21.2 Å². The Labute approximate surface area is 156 Å². The van der Waals surface area contributed by atoms with Gasteiger partial charge in [-0.3, -0.25) is 4.79 Å². The van der Waals surface area contributed by atoms with Crippen LogP contribution >= 0.6 is 0 Å². The lowest BCUT2D eigenvalue weighted by molar-refractivity contribution is -0.137. The van der Waals surface area contributed by atoms with Crippen LogP contribution in [0.1, 0.15) is 49.4 Å². The summed E-state index contributed by atoms with van der Waals surface area (Å²) in [7, 11) is 0. The molecular formula is C19H23F2N3O3. The van der Waals surface area contributed by atoms with Crippen LogP contribution < -0.4 is 11.1 Å². The zero-order valence-electron chi connectivity index (χ0n) is 15.1. The van der Waals surface area contributed by atoms with E-state index in [1.807, 2.05) is 0 Å². The van der Waals surface area contributed by atoms with Crippen LogP contribution in [0.2, 0.25) is 0 Å². The Morgan fingerprint density at radius 3 is 2.37 bits per heavy atom. The molecule has 0 saturated heterocycles. The highest BCUT2D eigenvalue weighted by Gasteiger charge is 2.24. The third-order valence-electron chi connectivity index (χ3n) is 4.39. The van der Waals surface area contributed by atoms with Gasteiger partial charge in [0.05, 0.1) is 5.56 Å². The molecule has 0 aromatic heterocycles. The first kappa shape index (κ1) is 20.5. The Hall–Kier alpha value is -2.77. The van der Waals surface area contributed by atoms with E-state index in [-0.39, 0.29) is 23.1 Å². The molecule has 146 valence electrons. The number of benzene rings is 1. The number of ether oxygens (including phenoxy) is 1. The van der Waals surface area contributed by atoms with Crippen LogP contribution in [-0.2, 0) is 9.53 Å². The fourth-order valence-corrected chi connectivity index (χ4v) is 3.04. The van der Waals surface area contributed by atoms with Crippen molar-refractivity contribution in [1.29, 1.82) is 5.41 Å². The average molecular weight is 379 g/mol. The quantitative estimate of drug-likeness (QED) is 0.292. The lowest BCUT2D eigenvalue weighted by atomic mass is 9.95. The Morgan fingerprint density at radius 2 is 1.81 bits per heavy atom. The van der Waals surface area contributed by atoms with E-state index < -0.39 is 35.6 Å². The first-order chi connectivity index (χ1) is 12.8. The van der Waals surface area contributed by atoms with Crippen LogP contribution in [0.5, 0.6) is 0 Å². The number of Topliss-reactive ketones (excluding diaryl/α,β-unsaturated/α-hetero) is 1. The zero-order chi connectivity index (χ0) is 20.0. The van der Waals surface area contributed by atoms with Crippen molar-refractivity contribution in [2.24, 2.45) is 5.73 Å². The second-order valence-electron chi connectivity index (χ2n) is 6.49. The fourth-order valence-electron chi connectivity index (χ4n) is 3.04. The highest BCUT2D eigenvalue weighted by atomic mass is 19.1. The molecule has 8 heteroatoms. The maximum atomic E-state index is 13.6. The summed E-state index contributed by atoms with van der Waals surface area (Å²) in [6.45, 7) is 0.508. The monoisotopic (exact) mass is 379 g/mol. The van der Waals surface area contributed by atoms with Crippen LogP contribution in [0.3, 0.4) is 0 Å². The lowest BCUT2D eigenvalue weighted by Crippen LogP contribution is -2.37. The van der Waals surface area contributed by atoms with E-state index in [1.165, 1.54) is 6.92 Å². The molecule has 0 unspecified atom stereocenters. The first-order valence-electron chi connectivity index (χ1n) is 8.77. The third kappa shape index (κ3) is 5.35. The maximum Gasteiger partial charge on any atom is 0.344 e. The van der Waals surface area contributed by atoms with Crippen molar-refractivity contribution in [3.63, 3.8) is 0 Å². The number of carbonyl (C=O) groups is 2. The molecule has 27 heavy (non-hydrogen) atoms. The van der Waals surface area contributed by atoms with Gasteiger partial charge in [0.2, 0.25) is 5.78 Å². The lowest BCUT2D eigenvalue weighted by Gasteiger charge is -2.24. The molecule has 0 atom stereocenters. The van der Waals surface area contributed by atoms with E-state index in [9.17, 15) is 18.4 Å². The summed E-state index contributed by atoms with van der Waals surface area (Å²) in [4.78, 5) is 24.3. The molecule has 4 N–H and O–H groups in total. The number of nitrogens with two attached hydrogens (primary N) is 1. The molecule has 0 amide bonds. The third-order valence-corrected chi connectivity index (χ3v) is 4.39. The fraction of sp³-hybridized carbons (Fsp3) is 0.421. The molecule has 1 fully saturated rings. The molecule has 1 aliphatic rings. The number of carbonyl (C=O) groups excluding carboxylic acids is 2. The topological polar surface area (TPSA) is 105 Å². The average Bonchev–Trinajstić information content (AvgIpc) is 2.60. The highest BCUT2D eigenvalue weighted by molar-refractivity contribution is 6.18. The van der Waals surface area contributed by atoms with E-state index in [2.05, 4.69) is 5.32 Å². The number of hydrogen-bond acceptors (Lipinski definition) is 6. The van der Waals surface area contributed by atoms with Crippen LogP contribution in [0.25, 0.3) is 0 Å². The van der Waals surface area contributed by atoms with E-state index >= 15 is 0 Å². The van der Waals surface area contributed by atoms with Gasteiger partial charge in [-0.25, -0.2) is 13.6 Å². The predicted molar refractivity (Wildman–Crippen MR) is 96.3 cm³/mol. The molecule has 0 aliphatic heterocycles. The molecule has 0 heterocycles. The van der Waals surface area contributed by atoms with Crippen LogP contribution in [0.4, 0.5) is 8.78 Å². The molecule has 1 saturated carbocycles. The highest BCUT2D eigenvalue weighted by Crippen LogP contribution is 2.19. The molecule has 1 aliphatic carbocycles. The Bertz CT molecular complexity index is 751. The SMILES string of the molecule is CC(=N)/C(C(=O)OCC(=O)c1c(F)cccc1F)=C(/N)NC1CCCCC1. The molecule has 0 radical (unpaired) electrons. The summed E-state index contributed by atoms with van der Waals surface area (Å²) >= 11 is 0. The summed E-state index contributed by atoms with van der Waals surface area (Å²) in [6.07, 6.45) is 5.07. The Balaban J connectivity index is 2.07. The minimum Gasteiger partial charge on any atom is -0.454 e. The number of rotatable bonds is 7. The van der Waals surface area contributed by atoms with Crippen LogP contribution in [0.15, 0.2) is 29.6 Å². The second kappa shape index (κ2) is 9.25. The van der Waals surface area contributed by atoms with Gasteiger partial charge in [0, 0.05) is 11.8 Å². The predicted octanol–water partition coefficient (Wildman–Crippen LogP) is 2.82. The maximum absolute atomic E-state index is 13.6. The van der Waals surface area contributed by atoms with Crippen molar-refractivity contribution in [1.82, 2.24) is 5.32 Å². The molecule has 1 aromatic carbocycles. The van der Waals surface area contributed by atoms with Crippen LogP contribution in [0, 0.1) is 17.0 Å². The van der Waals surface area contributed by atoms with Crippen molar-refractivity contribution in [2.45, 2.75) is 45.1 Å². The van der Waals surface area contributed by atoms with Crippen molar-refractivity contribution in [3.05, 3.63) is 46.8 Å². The molecular weight excluding hydrogens is 356 g/mol. The Kier molecular flexibility index (Phi) is 7.04. The molecule has 2 rings (SSSR count). The van der Waals surface area contributed by atoms with Gasteiger partial charge in [-0.1, -0.05) is 25.3 Å². The number of hydrogen-bond donors (Lipinski definition) is 3. The van der Waals surface area contributed by atoms with Crippen molar-refractivity contribution >= 4 is 17.5 Å². The summed E-state index contributed by atoms with van der Waals surface area (Å²) in [5.74, 6) is -4.07. The molecule has 1 aromatic rings. The van der Waals surface area contributed by atoms with E-state index in [1.54, 1.807) is 0 Å². The second-order valence-corrected chi connectivity index (χ2v) is 6.49. The van der Waals surface area contributed by atoms with E-state index in [0.717, 1.165) is 50.3 Å². The van der Waals surface area contributed by atoms with Gasteiger partial charge in [0.1, 0.15) is 23.0 Å². The summed E-state index contributed by atoms with van der Waals surface area (Å²) in [6, 6.07) is 3.12. The molecule has 0 bridgehead atoms. The number of halogens is 2. The van der Waals surface area contributed by atoms with Crippen molar-refractivity contribution in [2.75, 3.05) is 6.61 Å². The van der Waals surface area contributed by atoms with E-state index in [4.69, 9.17) is 15.9 Å². The standard InChI is InChI=1S/C19H23F2N3O3/c1-11(22)16(18(23)24-12-6-3-2-4-7-12)19(26)27-10-15(25)17-13(20)8-5-9-14(17)21/h5,8-9,12,22,24H,2-4,6-7,10,23H2,1H3/b18-16+,22-11?. The van der Waals surface area contributed by atoms with Crippen molar-refractivity contribution < 1.29 is 23.1 Å².